The van der Waals surface area contributed by atoms with Gasteiger partial charge in [0, 0.05) is 32.4 Å². The molecule has 0 spiro atoms. The van der Waals surface area contributed by atoms with E-state index in [1.54, 1.807) is 0 Å². The molecule has 0 radical (unpaired) electrons. The van der Waals surface area contributed by atoms with Crippen LogP contribution < -0.4 is 21.7 Å². The predicted octanol–water partition coefficient (Wildman–Crippen LogP) is -2.13. The molecule has 2 aromatic heterocycles. The first-order valence-corrected chi connectivity index (χ1v) is 7.26. The minimum atomic E-state index is -4.09. The second-order valence-corrected chi connectivity index (χ2v) is 6.12. The van der Waals surface area contributed by atoms with Gasteiger partial charge in [0.15, 0.2) is 4.90 Å². The maximum Gasteiger partial charge on any atom is 0.330 e. The van der Waals surface area contributed by atoms with E-state index < -0.39 is 26.2 Å². The molecule has 2 rings (SSSR count). The molecule has 0 saturated carbocycles. The van der Waals surface area contributed by atoms with E-state index in [9.17, 15) is 18.0 Å². The van der Waals surface area contributed by atoms with E-state index in [1.807, 2.05) is 0 Å². The van der Waals surface area contributed by atoms with E-state index in [1.165, 1.54) is 20.3 Å². The summed E-state index contributed by atoms with van der Waals surface area (Å²) in [6, 6.07) is 0. The van der Waals surface area contributed by atoms with Gasteiger partial charge in [0.25, 0.3) is 5.56 Å². The summed E-state index contributed by atoms with van der Waals surface area (Å²) < 4.78 is 28.3. The molecule has 2 aromatic rings. The van der Waals surface area contributed by atoms with E-state index in [2.05, 4.69) is 14.9 Å². The standard InChI is InChI=1S/C10H14N6O4S/c1-15-5-7(9(17)16(2)10(15)18)21(19,20)13-4-6-3-12-14-8(6)11/h3,5,13H,4H2,1-2H3,(H3,11,12,14). The second kappa shape index (κ2) is 5.18. The fraction of sp³-hybridized carbons (Fsp3) is 0.300. The summed E-state index contributed by atoms with van der Waals surface area (Å²) in [6.45, 7) is -0.128. The lowest BCUT2D eigenvalue weighted by Gasteiger charge is -2.08. The molecule has 0 aliphatic rings. The summed E-state index contributed by atoms with van der Waals surface area (Å²) in [5.74, 6) is 0.228. The summed E-state index contributed by atoms with van der Waals surface area (Å²) >= 11 is 0. The van der Waals surface area contributed by atoms with Crippen LogP contribution in [0.15, 0.2) is 26.9 Å². The number of aromatic amines is 1. The Hall–Kier alpha value is -2.40. The van der Waals surface area contributed by atoms with Gasteiger partial charge >= 0.3 is 5.69 Å². The Balaban J connectivity index is 2.39. The van der Waals surface area contributed by atoms with E-state index in [0.717, 1.165) is 15.3 Å². The molecule has 4 N–H and O–H groups in total. The molecule has 10 nitrogen and oxygen atoms in total. The van der Waals surface area contributed by atoms with Crippen LogP contribution in [0.25, 0.3) is 0 Å². The highest BCUT2D eigenvalue weighted by Gasteiger charge is 2.21. The van der Waals surface area contributed by atoms with Gasteiger partial charge in [0.1, 0.15) is 5.82 Å². The first-order chi connectivity index (χ1) is 9.74. The van der Waals surface area contributed by atoms with Crippen molar-refractivity contribution in [1.82, 2.24) is 24.1 Å². The lowest BCUT2D eigenvalue weighted by molar-refractivity contribution is 0.570. The zero-order valence-corrected chi connectivity index (χ0v) is 12.1. The van der Waals surface area contributed by atoms with Gasteiger partial charge < -0.3 is 10.3 Å². The van der Waals surface area contributed by atoms with Crippen LogP contribution in [-0.2, 0) is 30.7 Å². The number of aromatic nitrogens is 4. The highest BCUT2D eigenvalue weighted by Crippen LogP contribution is 2.07. The molecule has 0 atom stereocenters. The van der Waals surface area contributed by atoms with Crippen molar-refractivity contribution in [2.45, 2.75) is 11.4 Å². The van der Waals surface area contributed by atoms with Gasteiger partial charge in [-0.25, -0.2) is 17.9 Å². The topological polar surface area (TPSA) is 145 Å². The van der Waals surface area contributed by atoms with E-state index in [-0.39, 0.29) is 12.4 Å². The monoisotopic (exact) mass is 314 g/mol. The van der Waals surface area contributed by atoms with Crippen LogP contribution in [0.5, 0.6) is 0 Å². The van der Waals surface area contributed by atoms with E-state index in [0.29, 0.717) is 5.56 Å². The minimum absolute atomic E-state index is 0.128. The van der Waals surface area contributed by atoms with Crippen LogP contribution >= 0.6 is 0 Å². The maximum absolute atomic E-state index is 12.2. The largest absolute Gasteiger partial charge is 0.384 e. The number of anilines is 1. The number of hydrogen-bond donors (Lipinski definition) is 3. The van der Waals surface area contributed by atoms with Crippen LogP contribution in [0.2, 0.25) is 0 Å². The molecular weight excluding hydrogens is 300 g/mol. The summed E-state index contributed by atoms with van der Waals surface area (Å²) in [5.41, 5.74) is 4.48. The number of nitrogens with zero attached hydrogens (tertiary/aromatic N) is 3. The molecule has 0 bridgehead atoms. The number of nitrogens with two attached hydrogens (primary N) is 1. The van der Waals surface area contributed by atoms with Crippen LogP contribution in [0, 0.1) is 0 Å². The van der Waals surface area contributed by atoms with Crippen molar-refractivity contribution in [2.24, 2.45) is 14.1 Å². The Bertz CT molecular complexity index is 891. The Morgan fingerprint density at radius 3 is 2.62 bits per heavy atom. The summed E-state index contributed by atoms with van der Waals surface area (Å²) in [7, 11) is -1.52. The van der Waals surface area contributed by atoms with Crippen LogP contribution in [0.1, 0.15) is 5.56 Å². The van der Waals surface area contributed by atoms with Crippen LogP contribution in [-0.4, -0.2) is 27.7 Å². The van der Waals surface area contributed by atoms with Gasteiger partial charge in [-0.3, -0.25) is 14.5 Å². The molecule has 21 heavy (non-hydrogen) atoms. The molecular formula is C10H14N6O4S. The van der Waals surface area contributed by atoms with Gasteiger partial charge in [-0.1, -0.05) is 0 Å². The molecule has 0 aromatic carbocycles. The Morgan fingerprint density at radius 1 is 1.38 bits per heavy atom. The number of nitrogen functional groups attached to an aromatic ring is 1. The second-order valence-electron chi connectivity index (χ2n) is 4.38. The zero-order valence-electron chi connectivity index (χ0n) is 11.3. The fourth-order valence-corrected chi connectivity index (χ4v) is 2.84. The van der Waals surface area contributed by atoms with Gasteiger partial charge in [0.2, 0.25) is 10.0 Å². The molecule has 0 saturated heterocycles. The van der Waals surface area contributed by atoms with Crippen LogP contribution in [0.3, 0.4) is 0 Å². The fourth-order valence-electron chi connectivity index (χ4n) is 1.67. The number of sulfonamides is 1. The Kier molecular flexibility index (Phi) is 3.70. The van der Waals surface area contributed by atoms with Gasteiger partial charge in [-0.2, -0.15) is 5.10 Å². The Morgan fingerprint density at radius 2 is 2.05 bits per heavy atom. The smallest absolute Gasteiger partial charge is 0.330 e. The first kappa shape index (κ1) is 15.0. The molecule has 11 heteroatoms. The third-order valence-corrected chi connectivity index (χ3v) is 4.29. The number of H-pyrrole nitrogens is 1. The Labute approximate surface area is 119 Å². The third-order valence-electron chi connectivity index (χ3n) is 2.91. The lowest BCUT2D eigenvalue weighted by Crippen LogP contribution is -2.41. The van der Waals surface area contributed by atoms with Crippen molar-refractivity contribution in [2.75, 3.05) is 5.73 Å². The van der Waals surface area contributed by atoms with Gasteiger partial charge in [-0.05, 0) is 0 Å². The molecule has 0 aliphatic carbocycles. The molecule has 0 amide bonds. The third kappa shape index (κ3) is 2.73. The highest BCUT2D eigenvalue weighted by atomic mass is 32.2. The zero-order chi connectivity index (χ0) is 15.8. The number of nitrogens with one attached hydrogen (secondary N) is 2. The van der Waals surface area contributed by atoms with Crippen molar-refractivity contribution >= 4 is 15.8 Å². The number of rotatable bonds is 4. The highest BCUT2D eigenvalue weighted by molar-refractivity contribution is 7.89. The SMILES string of the molecule is Cn1cc(S(=O)(=O)NCc2cn[nH]c2N)c(=O)n(C)c1=O. The summed E-state index contributed by atoms with van der Waals surface area (Å²) in [4.78, 5) is 22.9. The van der Waals surface area contributed by atoms with Crippen LogP contribution in [0.4, 0.5) is 5.82 Å². The van der Waals surface area contributed by atoms with E-state index >= 15 is 0 Å². The maximum atomic E-state index is 12.2. The quantitative estimate of drug-likeness (QED) is 0.587. The van der Waals surface area contributed by atoms with Crippen molar-refractivity contribution in [3.63, 3.8) is 0 Å². The lowest BCUT2D eigenvalue weighted by atomic mass is 10.3. The van der Waals surface area contributed by atoms with Crippen molar-refractivity contribution in [3.8, 4) is 0 Å². The van der Waals surface area contributed by atoms with Gasteiger partial charge in [-0.15, -0.1) is 0 Å². The molecule has 0 aliphatic heterocycles. The summed E-state index contributed by atoms with van der Waals surface area (Å²) in [5, 5.41) is 6.12. The normalized spacial score (nSPS) is 11.7. The predicted molar refractivity (Wildman–Crippen MR) is 73.9 cm³/mol. The van der Waals surface area contributed by atoms with Crippen molar-refractivity contribution < 1.29 is 8.42 Å². The first-order valence-electron chi connectivity index (χ1n) is 5.78. The van der Waals surface area contributed by atoms with Gasteiger partial charge in [0.05, 0.1) is 6.20 Å². The average Bonchev–Trinajstić information content (AvgIpc) is 2.83. The minimum Gasteiger partial charge on any atom is -0.384 e. The summed E-state index contributed by atoms with van der Waals surface area (Å²) in [6.07, 6.45) is 2.35. The molecule has 114 valence electrons. The number of aryl methyl sites for hydroxylation is 1. The van der Waals surface area contributed by atoms with Crippen molar-refractivity contribution in [3.05, 3.63) is 38.8 Å². The molecule has 2 heterocycles. The number of hydrogen-bond acceptors (Lipinski definition) is 6. The van der Waals surface area contributed by atoms with Crippen molar-refractivity contribution in [1.29, 1.82) is 0 Å². The molecule has 0 unspecified atom stereocenters. The van der Waals surface area contributed by atoms with E-state index in [4.69, 9.17) is 5.73 Å². The average molecular weight is 314 g/mol. The molecule has 0 fully saturated rings.